The first kappa shape index (κ1) is 24.6. The lowest BCUT2D eigenvalue weighted by Crippen LogP contribution is -2.37. The molecule has 1 aromatic rings. The fourth-order valence-electron chi connectivity index (χ4n) is 5.91. The molecule has 3 rings (SSSR count). The fraction of sp³-hybridized carbons (Fsp3) is 0.630. The van der Waals surface area contributed by atoms with Crippen LogP contribution in [0.5, 0.6) is 0 Å². The third kappa shape index (κ3) is 6.05. The zero-order valence-electron chi connectivity index (χ0n) is 20.3. The zero-order chi connectivity index (χ0) is 23.1. The van der Waals surface area contributed by atoms with Gasteiger partial charge < -0.3 is 9.47 Å². The first-order valence-corrected chi connectivity index (χ1v) is 12.4. The molecule has 174 valence electrons. The summed E-state index contributed by atoms with van der Waals surface area (Å²) in [5, 5.41) is 0. The summed E-state index contributed by atoms with van der Waals surface area (Å²) >= 11 is 0. The Morgan fingerprint density at radius 2 is 1.62 bits per heavy atom. The fourth-order valence-corrected chi connectivity index (χ4v) is 5.91. The number of hydrogen-bond acceptors (Lipinski definition) is 4. The van der Waals surface area contributed by atoms with Crippen LogP contribution in [0.25, 0.3) is 5.47 Å². The lowest BCUT2D eigenvalue weighted by atomic mass is 9.23. The third-order valence-corrected chi connectivity index (χ3v) is 7.48. The van der Waals surface area contributed by atoms with Gasteiger partial charge in [0.25, 0.3) is 0 Å². The minimum Gasteiger partial charge on any atom is -0.469 e. The van der Waals surface area contributed by atoms with Crippen molar-refractivity contribution in [3.8, 4) is 0 Å². The Morgan fingerprint density at radius 1 is 1.03 bits per heavy atom. The molecule has 2 bridgehead atoms. The summed E-state index contributed by atoms with van der Waals surface area (Å²) in [6.45, 7) is 6.80. The molecule has 0 unspecified atom stereocenters. The number of ether oxygens (including phenoxy) is 2. The van der Waals surface area contributed by atoms with Crippen molar-refractivity contribution in [3.05, 3.63) is 41.5 Å². The number of benzene rings is 1. The van der Waals surface area contributed by atoms with Gasteiger partial charge in [0.1, 0.15) is 0 Å². The summed E-state index contributed by atoms with van der Waals surface area (Å²) in [5.41, 5.74) is 2.94. The minimum atomic E-state index is -0.255. The predicted molar refractivity (Wildman–Crippen MR) is 131 cm³/mol. The Kier molecular flexibility index (Phi) is 8.61. The summed E-state index contributed by atoms with van der Waals surface area (Å²) < 4.78 is 10.5. The van der Waals surface area contributed by atoms with Crippen molar-refractivity contribution in [2.24, 2.45) is 5.41 Å². The smallest absolute Gasteiger partial charge is 0.333 e. The molecular formula is C27H39BO4. The summed E-state index contributed by atoms with van der Waals surface area (Å²) in [7, 11) is 1.43. The lowest BCUT2D eigenvalue weighted by Gasteiger charge is -2.42. The van der Waals surface area contributed by atoms with Crippen molar-refractivity contribution >= 4 is 24.1 Å². The Balaban J connectivity index is 2.04. The molecule has 2 saturated heterocycles. The van der Waals surface area contributed by atoms with E-state index < -0.39 is 0 Å². The molecule has 0 spiro atoms. The second-order valence-electron chi connectivity index (χ2n) is 10.3. The topological polar surface area (TPSA) is 52.6 Å². The van der Waals surface area contributed by atoms with Crippen LogP contribution in [0.4, 0.5) is 0 Å². The maximum Gasteiger partial charge on any atom is 0.333 e. The first-order valence-electron chi connectivity index (χ1n) is 12.4. The summed E-state index contributed by atoms with van der Waals surface area (Å²) in [6.07, 6.45) is 9.29. The van der Waals surface area contributed by atoms with Gasteiger partial charge in [-0.05, 0) is 30.7 Å². The number of methoxy groups -OCH3 is 1. The van der Waals surface area contributed by atoms with E-state index in [-0.39, 0.29) is 17.4 Å². The molecule has 32 heavy (non-hydrogen) atoms. The van der Waals surface area contributed by atoms with Crippen LogP contribution in [0, 0.1) is 5.41 Å². The number of fused-ring (bicyclic) bond motifs is 2. The molecule has 0 aliphatic carbocycles. The molecule has 2 aliphatic rings. The van der Waals surface area contributed by atoms with Gasteiger partial charge in [0.2, 0.25) is 0 Å². The van der Waals surface area contributed by atoms with Crippen LogP contribution in [0.15, 0.2) is 35.9 Å². The summed E-state index contributed by atoms with van der Waals surface area (Å²) in [4.78, 5) is 25.3. The third-order valence-electron chi connectivity index (χ3n) is 7.48. The second-order valence-corrected chi connectivity index (χ2v) is 10.3. The molecule has 2 heterocycles. The summed E-state index contributed by atoms with van der Waals surface area (Å²) in [6, 6.07) is 10.5. The molecule has 0 aromatic heterocycles. The van der Waals surface area contributed by atoms with Crippen molar-refractivity contribution in [2.75, 3.05) is 13.7 Å². The van der Waals surface area contributed by atoms with Gasteiger partial charge >= 0.3 is 11.9 Å². The lowest BCUT2D eigenvalue weighted by molar-refractivity contribution is -0.143. The zero-order valence-corrected chi connectivity index (χ0v) is 20.3. The van der Waals surface area contributed by atoms with E-state index in [4.69, 9.17) is 9.47 Å². The van der Waals surface area contributed by atoms with E-state index >= 15 is 0 Å². The predicted octanol–water partition coefficient (Wildman–Crippen LogP) is 6.52. The number of carbonyl (C=O) groups excluding carboxylic acids is 2. The quantitative estimate of drug-likeness (QED) is 0.250. The van der Waals surface area contributed by atoms with Crippen molar-refractivity contribution in [2.45, 2.75) is 90.2 Å². The number of rotatable bonds is 9. The molecule has 0 amide bonds. The maximum absolute atomic E-state index is 13.3. The van der Waals surface area contributed by atoms with E-state index in [1.807, 2.05) is 13.0 Å². The van der Waals surface area contributed by atoms with Crippen LogP contribution in [0.3, 0.4) is 0 Å². The van der Waals surface area contributed by atoms with E-state index in [1.165, 1.54) is 51.1 Å². The Bertz CT molecular complexity index is 792. The highest BCUT2D eigenvalue weighted by Gasteiger charge is 2.43. The van der Waals surface area contributed by atoms with E-state index in [2.05, 4.69) is 38.1 Å². The van der Waals surface area contributed by atoms with Crippen LogP contribution in [0.2, 0.25) is 11.6 Å². The van der Waals surface area contributed by atoms with Crippen LogP contribution < -0.4 is 0 Å². The minimum absolute atomic E-state index is 0.191. The first-order chi connectivity index (χ1) is 15.4. The van der Waals surface area contributed by atoms with Gasteiger partial charge in [-0.2, -0.15) is 0 Å². The summed E-state index contributed by atoms with van der Waals surface area (Å²) in [5.74, 6) is 0.890. The highest BCUT2D eigenvalue weighted by molar-refractivity contribution is 6.82. The van der Waals surface area contributed by atoms with Crippen LogP contribution >= 0.6 is 0 Å². The Labute approximate surface area is 194 Å². The van der Waals surface area contributed by atoms with Crippen molar-refractivity contribution < 1.29 is 19.1 Å². The monoisotopic (exact) mass is 438 g/mol. The number of esters is 2. The van der Waals surface area contributed by atoms with E-state index in [1.54, 1.807) is 0 Å². The largest absolute Gasteiger partial charge is 0.469 e. The van der Waals surface area contributed by atoms with Crippen molar-refractivity contribution in [3.63, 3.8) is 0 Å². The molecule has 2 aliphatic heterocycles. The number of carbonyl (C=O) groups is 2. The molecular weight excluding hydrogens is 399 g/mol. The van der Waals surface area contributed by atoms with E-state index in [9.17, 15) is 9.59 Å². The molecule has 0 radical (unpaired) electrons. The molecule has 0 N–H and O–H groups in total. The normalized spacial score (nSPS) is 21.6. The van der Waals surface area contributed by atoms with Crippen LogP contribution in [0.1, 0.15) is 84.1 Å². The van der Waals surface area contributed by atoms with Crippen molar-refractivity contribution in [1.29, 1.82) is 0 Å². The Hall–Kier alpha value is -2.04. The van der Waals surface area contributed by atoms with Gasteiger partial charge in [-0.25, -0.2) is 4.79 Å². The van der Waals surface area contributed by atoms with Gasteiger partial charge in [-0.3, -0.25) is 4.79 Å². The molecule has 0 saturated carbocycles. The van der Waals surface area contributed by atoms with Gasteiger partial charge in [-0.15, -0.1) is 0 Å². The van der Waals surface area contributed by atoms with Crippen LogP contribution in [-0.2, 0) is 19.1 Å². The molecule has 1 aromatic carbocycles. The standard InChI is InChI=1S/C27H39BO4/c1-5-32-26(30)23(17-18-27(2,3)19-24(29)31-4)25(20-11-7-6-8-12-20)28-21-13-9-14-22(28)16-10-15-21/h6-8,11-12,21-22H,5,9-10,13-19H2,1-4H3/b25-23-. The molecule has 0 atom stereocenters. The molecule has 5 heteroatoms. The van der Waals surface area contributed by atoms with Gasteiger partial charge in [0.05, 0.1) is 20.1 Å². The average molecular weight is 438 g/mol. The highest BCUT2D eigenvalue weighted by Crippen LogP contribution is 2.51. The second kappa shape index (κ2) is 11.2. The molecule has 4 nitrogen and oxygen atoms in total. The van der Waals surface area contributed by atoms with Gasteiger partial charge in [-0.1, -0.05) is 99.8 Å². The average Bonchev–Trinajstić information content (AvgIpc) is 2.76. The van der Waals surface area contributed by atoms with Gasteiger partial charge in [0, 0.05) is 5.57 Å². The highest BCUT2D eigenvalue weighted by atomic mass is 16.5. The maximum atomic E-state index is 13.3. The SMILES string of the molecule is CCOC(=O)/C(CCC(C)(C)CC(=O)OC)=C(\B1C2CCCC1CCC2)c1ccccc1. The molecule has 2 fully saturated rings. The Morgan fingerprint density at radius 3 is 2.16 bits per heavy atom. The van der Waals surface area contributed by atoms with Crippen LogP contribution in [-0.4, -0.2) is 32.4 Å². The van der Waals surface area contributed by atoms with Crippen molar-refractivity contribution in [1.82, 2.24) is 0 Å². The van der Waals surface area contributed by atoms with Gasteiger partial charge in [0.15, 0.2) is 6.71 Å². The van der Waals surface area contributed by atoms with E-state index in [0.29, 0.717) is 37.8 Å². The number of hydrogen-bond donors (Lipinski definition) is 0. The van der Waals surface area contributed by atoms with E-state index in [0.717, 1.165) is 17.6 Å².